The summed E-state index contributed by atoms with van der Waals surface area (Å²) in [5.41, 5.74) is 2.89. The van der Waals surface area contributed by atoms with Crippen LogP contribution in [0, 0.1) is 12.8 Å². The molecule has 3 rings (SSSR count). The van der Waals surface area contributed by atoms with Crippen molar-refractivity contribution in [2.75, 3.05) is 18.1 Å². The van der Waals surface area contributed by atoms with Crippen LogP contribution >= 0.6 is 0 Å². The summed E-state index contributed by atoms with van der Waals surface area (Å²) >= 11 is 0. The van der Waals surface area contributed by atoms with Crippen LogP contribution in [0.3, 0.4) is 0 Å². The van der Waals surface area contributed by atoms with Gasteiger partial charge in [-0.25, -0.2) is 0 Å². The standard InChI is InChI=1S/C15H16N2O2/c1-10-4-5-13-12(3-2-6-16-13)15(10)17-8-11(9-18)7-14(17)19/h2-6,11,18H,7-9H2,1H3. The minimum atomic E-state index is 0.0406. The quantitative estimate of drug-likeness (QED) is 0.892. The predicted molar refractivity (Wildman–Crippen MR) is 74.0 cm³/mol. The molecule has 4 heteroatoms. The van der Waals surface area contributed by atoms with Crippen LogP contribution < -0.4 is 4.90 Å². The fourth-order valence-corrected chi connectivity index (χ4v) is 2.72. The molecule has 1 unspecified atom stereocenters. The Balaban J connectivity index is 2.14. The monoisotopic (exact) mass is 256 g/mol. The molecule has 98 valence electrons. The van der Waals surface area contributed by atoms with Gasteiger partial charge in [0.15, 0.2) is 0 Å². The van der Waals surface area contributed by atoms with Gasteiger partial charge in [-0.15, -0.1) is 0 Å². The van der Waals surface area contributed by atoms with Gasteiger partial charge < -0.3 is 10.0 Å². The molecule has 1 atom stereocenters. The minimum absolute atomic E-state index is 0.0406. The number of anilines is 1. The number of carbonyl (C=O) groups excluding carboxylic acids is 1. The summed E-state index contributed by atoms with van der Waals surface area (Å²) in [4.78, 5) is 18.3. The molecule has 1 saturated heterocycles. The number of aliphatic hydroxyl groups excluding tert-OH is 1. The Hall–Kier alpha value is -1.94. The van der Waals surface area contributed by atoms with Crippen molar-refractivity contribution in [1.29, 1.82) is 0 Å². The number of pyridine rings is 1. The van der Waals surface area contributed by atoms with E-state index in [9.17, 15) is 9.90 Å². The third-order valence-electron chi connectivity index (χ3n) is 3.69. The average molecular weight is 256 g/mol. The predicted octanol–water partition coefficient (Wildman–Crippen LogP) is 1.89. The number of amides is 1. The lowest BCUT2D eigenvalue weighted by atomic mass is 10.1. The van der Waals surface area contributed by atoms with Gasteiger partial charge >= 0.3 is 0 Å². The summed E-state index contributed by atoms with van der Waals surface area (Å²) in [5, 5.41) is 10.2. The molecular weight excluding hydrogens is 240 g/mol. The van der Waals surface area contributed by atoms with Crippen LogP contribution in [0.4, 0.5) is 5.69 Å². The second kappa shape index (κ2) is 4.63. The maximum Gasteiger partial charge on any atom is 0.227 e. The summed E-state index contributed by atoms with van der Waals surface area (Å²) in [6.07, 6.45) is 2.18. The van der Waals surface area contributed by atoms with Gasteiger partial charge in [-0.05, 0) is 30.7 Å². The Bertz CT molecular complexity index is 639. The Morgan fingerprint density at radius 1 is 1.42 bits per heavy atom. The summed E-state index contributed by atoms with van der Waals surface area (Å²) in [6.45, 7) is 2.65. The van der Waals surface area contributed by atoms with Crippen molar-refractivity contribution < 1.29 is 9.90 Å². The number of aryl methyl sites for hydroxylation is 1. The lowest BCUT2D eigenvalue weighted by molar-refractivity contribution is -0.117. The lowest BCUT2D eigenvalue weighted by Crippen LogP contribution is -2.26. The van der Waals surface area contributed by atoms with E-state index < -0.39 is 0 Å². The molecule has 0 spiro atoms. The van der Waals surface area contributed by atoms with E-state index >= 15 is 0 Å². The smallest absolute Gasteiger partial charge is 0.227 e. The molecular formula is C15H16N2O2. The third-order valence-corrected chi connectivity index (χ3v) is 3.69. The van der Waals surface area contributed by atoms with Gasteiger partial charge in [0.1, 0.15) is 0 Å². The van der Waals surface area contributed by atoms with E-state index in [1.807, 2.05) is 31.2 Å². The van der Waals surface area contributed by atoms with Crippen LogP contribution in [-0.4, -0.2) is 29.1 Å². The number of hydrogen-bond acceptors (Lipinski definition) is 3. The zero-order valence-corrected chi connectivity index (χ0v) is 10.8. The van der Waals surface area contributed by atoms with Crippen LogP contribution in [0.25, 0.3) is 10.9 Å². The van der Waals surface area contributed by atoms with E-state index in [2.05, 4.69) is 4.98 Å². The highest BCUT2D eigenvalue weighted by Gasteiger charge is 2.31. The fraction of sp³-hybridized carbons (Fsp3) is 0.333. The maximum atomic E-state index is 12.1. The van der Waals surface area contributed by atoms with Gasteiger partial charge in [0.25, 0.3) is 0 Å². The van der Waals surface area contributed by atoms with Gasteiger partial charge in [-0.2, -0.15) is 0 Å². The zero-order valence-electron chi connectivity index (χ0n) is 10.8. The van der Waals surface area contributed by atoms with Crippen molar-refractivity contribution in [1.82, 2.24) is 4.98 Å². The van der Waals surface area contributed by atoms with Gasteiger partial charge in [-0.3, -0.25) is 9.78 Å². The van der Waals surface area contributed by atoms with Crippen molar-refractivity contribution in [3.8, 4) is 0 Å². The topological polar surface area (TPSA) is 53.4 Å². The molecule has 0 aliphatic carbocycles. The first-order chi connectivity index (χ1) is 9.20. The van der Waals surface area contributed by atoms with E-state index in [0.29, 0.717) is 13.0 Å². The highest BCUT2D eigenvalue weighted by Crippen LogP contribution is 2.33. The first-order valence-corrected chi connectivity index (χ1v) is 6.46. The zero-order chi connectivity index (χ0) is 13.4. The first kappa shape index (κ1) is 12.1. The highest BCUT2D eigenvalue weighted by atomic mass is 16.3. The number of nitrogens with zero attached hydrogens (tertiary/aromatic N) is 2. The molecule has 1 amide bonds. The van der Waals surface area contributed by atoms with E-state index in [1.54, 1.807) is 11.1 Å². The second-order valence-electron chi connectivity index (χ2n) is 5.06. The van der Waals surface area contributed by atoms with Crippen LogP contribution in [0.1, 0.15) is 12.0 Å². The van der Waals surface area contributed by atoms with Crippen molar-refractivity contribution in [3.63, 3.8) is 0 Å². The Labute approximate surface area is 111 Å². The molecule has 19 heavy (non-hydrogen) atoms. The van der Waals surface area contributed by atoms with E-state index in [0.717, 1.165) is 22.2 Å². The molecule has 1 fully saturated rings. The number of fused-ring (bicyclic) bond motifs is 1. The van der Waals surface area contributed by atoms with E-state index in [-0.39, 0.29) is 18.4 Å². The molecule has 2 aromatic rings. The van der Waals surface area contributed by atoms with E-state index in [4.69, 9.17) is 0 Å². The molecule has 4 nitrogen and oxygen atoms in total. The maximum absolute atomic E-state index is 12.1. The van der Waals surface area contributed by atoms with Gasteiger partial charge in [0, 0.05) is 37.1 Å². The van der Waals surface area contributed by atoms with Crippen LogP contribution in [0.15, 0.2) is 30.5 Å². The molecule has 1 aromatic carbocycles. The molecule has 1 N–H and O–H groups in total. The fourth-order valence-electron chi connectivity index (χ4n) is 2.72. The van der Waals surface area contributed by atoms with Gasteiger partial charge in [-0.1, -0.05) is 6.07 Å². The molecule has 1 aliphatic rings. The van der Waals surface area contributed by atoms with Crippen molar-refractivity contribution in [2.45, 2.75) is 13.3 Å². The number of carbonyl (C=O) groups is 1. The van der Waals surface area contributed by atoms with Crippen LogP contribution in [0.5, 0.6) is 0 Å². The Kier molecular flexibility index (Phi) is 2.95. The molecule has 2 heterocycles. The summed E-state index contributed by atoms with van der Waals surface area (Å²) in [5.74, 6) is 0.123. The Morgan fingerprint density at radius 2 is 2.26 bits per heavy atom. The first-order valence-electron chi connectivity index (χ1n) is 6.46. The molecule has 1 aromatic heterocycles. The second-order valence-corrected chi connectivity index (χ2v) is 5.06. The summed E-state index contributed by atoms with van der Waals surface area (Å²) < 4.78 is 0. The summed E-state index contributed by atoms with van der Waals surface area (Å²) in [6, 6.07) is 7.84. The van der Waals surface area contributed by atoms with Crippen molar-refractivity contribution >= 4 is 22.5 Å². The van der Waals surface area contributed by atoms with Crippen LogP contribution in [-0.2, 0) is 4.79 Å². The van der Waals surface area contributed by atoms with Crippen molar-refractivity contribution in [2.24, 2.45) is 5.92 Å². The molecule has 0 radical (unpaired) electrons. The van der Waals surface area contributed by atoms with Gasteiger partial charge in [0.05, 0.1) is 11.2 Å². The normalized spacial score (nSPS) is 19.4. The van der Waals surface area contributed by atoms with Crippen LogP contribution in [0.2, 0.25) is 0 Å². The summed E-state index contributed by atoms with van der Waals surface area (Å²) in [7, 11) is 0. The number of aromatic nitrogens is 1. The number of benzene rings is 1. The average Bonchev–Trinajstić information content (AvgIpc) is 2.80. The third kappa shape index (κ3) is 1.98. The minimum Gasteiger partial charge on any atom is -0.396 e. The largest absolute Gasteiger partial charge is 0.396 e. The molecule has 1 aliphatic heterocycles. The highest BCUT2D eigenvalue weighted by molar-refractivity contribution is 6.05. The van der Waals surface area contributed by atoms with Gasteiger partial charge in [0.2, 0.25) is 5.91 Å². The number of aliphatic hydroxyl groups is 1. The van der Waals surface area contributed by atoms with Crippen molar-refractivity contribution in [3.05, 3.63) is 36.0 Å². The number of rotatable bonds is 2. The molecule has 0 saturated carbocycles. The molecule has 0 bridgehead atoms. The number of hydrogen-bond donors (Lipinski definition) is 1. The SMILES string of the molecule is Cc1ccc2ncccc2c1N1CC(CO)CC1=O. The Morgan fingerprint density at radius 3 is 3.00 bits per heavy atom. The lowest BCUT2D eigenvalue weighted by Gasteiger charge is -2.21. The van der Waals surface area contributed by atoms with E-state index in [1.165, 1.54) is 0 Å².